The summed E-state index contributed by atoms with van der Waals surface area (Å²) in [6.45, 7) is 10.9. The van der Waals surface area contributed by atoms with Crippen molar-refractivity contribution in [3.8, 4) is 0 Å². The number of nitrogens with one attached hydrogen (secondary N) is 1. The van der Waals surface area contributed by atoms with Crippen LogP contribution in [0.3, 0.4) is 0 Å². The predicted molar refractivity (Wildman–Crippen MR) is 78.9 cm³/mol. The lowest BCUT2D eigenvalue weighted by atomic mass is 9.85. The zero-order valence-corrected chi connectivity index (χ0v) is 12.9. The minimum absolute atomic E-state index is 0.0332. The zero-order chi connectivity index (χ0) is 14.4. The van der Waals surface area contributed by atoms with Crippen LogP contribution in [0.5, 0.6) is 0 Å². The summed E-state index contributed by atoms with van der Waals surface area (Å²) in [5.41, 5.74) is 0.223. The van der Waals surface area contributed by atoms with Gasteiger partial charge in [0.05, 0.1) is 25.9 Å². The highest BCUT2D eigenvalue weighted by Crippen LogP contribution is 2.30. The smallest absolute Gasteiger partial charge is 0.0933 e. The Morgan fingerprint density at radius 3 is 2.95 bits per heavy atom. The van der Waals surface area contributed by atoms with Gasteiger partial charge in [0.1, 0.15) is 0 Å². The number of rotatable bonds is 7. The summed E-state index contributed by atoms with van der Waals surface area (Å²) < 4.78 is 11.3. The van der Waals surface area contributed by atoms with Gasteiger partial charge >= 0.3 is 0 Å². The molecule has 3 unspecified atom stereocenters. The van der Waals surface area contributed by atoms with Crippen LogP contribution in [0.4, 0.5) is 0 Å². The Hall–Kier alpha value is -0.200. The highest BCUT2D eigenvalue weighted by atomic mass is 16.5. The second-order valence-corrected chi connectivity index (χ2v) is 6.40. The molecule has 2 N–H and O–H groups in total. The van der Waals surface area contributed by atoms with E-state index in [-0.39, 0.29) is 18.1 Å². The van der Waals surface area contributed by atoms with Crippen LogP contribution >= 0.6 is 0 Å². The Balaban J connectivity index is 1.92. The molecule has 0 aliphatic carbocycles. The van der Waals surface area contributed by atoms with Crippen molar-refractivity contribution in [2.45, 2.75) is 38.8 Å². The molecule has 2 rings (SSSR count). The average Bonchev–Trinajstić information content (AvgIpc) is 2.90. The number of hydrogen-bond acceptors (Lipinski definition) is 5. The first-order chi connectivity index (χ1) is 9.69. The quantitative estimate of drug-likeness (QED) is 0.667. The highest BCUT2D eigenvalue weighted by molar-refractivity contribution is 4.91. The van der Waals surface area contributed by atoms with E-state index in [1.165, 1.54) is 0 Å². The van der Waals surface area contributed by atoms with Crippen LogP contribution in [0.25, 0.3) is 0 Å². The molecule has 2 aliphatic heterocycles. The normalized spacial score (nSPS) is 35.5. The molecule has 2 heterocycles. The molecule has 5 nitrogen and oxygen atoms in total. The summed E-state index contributed by atoms with van der Waals surface area (Å²) in [6.07, 6.45) is 2.25. The Bertz CT molecular complexity index is 282. The van der Waals surface area contributed by atoms with Gasteiger partial charge in [0.15, 0.2) is 0 Å². The monoisotopic (exact) mass is 286 g/mol. The van der Waals surface area contributed by atoms with E-state index < -0.39 is 0 Å². The third-order valence-electron chi connectivity index (χ3n) is 4.49. The molecule has 5 heteroatoms. The number of aliphatic hydroxyl groups excluding tert-OH is 1. The number of morpholine rings is 1. The van der Waals surface area contributed by atoms with E-state index in [4.69, 9.17) is 9.47 Å². The highest BCUT2D eigenvalue weighted by Gasteiger charge is 2.39. The standard InChI is InChI=1S/C15H30N2O3/c1-3-5-16-10-15(4-6-19-12-15)11-17-7-14(8-18)20-9-13(17)2/h13-14,16,18H,3-12H2,1-2H3. The van der Waals surface area contributed by atoms with E-state index in [9.17, 15) is 5.11 Å². The molecule has 118 valence electrons. The van der Waals surface area contributed by atoms with Crippen molar-refractivity contribution in [3.05, 3.63) is 0 Å². The largest absolute Gasteiger partial charge is 0.394 e. The fourth-order valence-electron chi connectivity index (χ4n) is 3.14. The van der Waals surface area contributed by atoms with Gasteiger partial charge in [-0.15, -0.1) is 0 Å². The van der Waals surface area contributed by atoms with Gasteiger partial charge in [-0.05, 0) is 26.3 Å². The lowest BCUT2D eigenvalue weighted by Crippen LogP contribution is -2.54. The fourth-order valence-corrected chi connectivity index (χ4v) is 3.14. The molecule has 0 saturated carbocycles. The molecule has 0 amide bonds. The lowest BCUT2D eigenvalue weighted by Gasteiger charge is -2.42. The van der Waals surface area contributed by atoms with Crippen LogP contribution in [-0.4, -0.2) is 74.8 Å². The van der Waals surface area contributed by atoms with E-state index in [1.54, 1.807) is 0 Å². The average molecular weight is 286 g/mol. The second-order valence-electron chi connectivity index (χ2n) is 6.40. The first-order valence-corrected chi connectivity index (χ1v) is 7.94. The van der Waals surface area contributed by atoms with E-state index in [2.05, 4.69) is 24.1 Å². The van der Waals surface area contributed by atoms with Crippen LogP contribution < -0.4 is 5.32 Å². The maximum absolute atomic E-state index is 9.30. The molecule has 3 atom stereocenters. The van der Waals surface area contributed by atoms with E-state index in [1.807, 2.05) is 0 Å². The van der Waals surface area contributed by atoms with Crippen molar-refractivity contribution in [2.24, 2.45) is 5.41 Å². The maximum Gasteiger partial charge on any atom is 0.0933 e. The van der Waals surface area contributed by atoms with E-state index in [0.717, 1.165) is 52.2 Å². The molecule has 2 fully saturated rings. The van der Waals surface area contributed by atoms with Crippen molar-refractivity contribution < 1.29 is 14.6 Å². The SMILES string of the molecule is CCCNCC1(CN2CC(CO)OCC2C)CCOC1. The molecule has 0 aromatic carbocycles. The van der Waals surface area contributed by atoms with Gasteiger partial charge in [-0.1, -0.05) is 6.92 Å². The Morgan fingerprint density at radius 2 is 2.30 bits per heavy atom. The summed E-state index contributed by atoms with van der Waals surface area (Å²) in [5.74, 6) is 0. The van der Waals surface area contributed by atoms with E-state index >= 15 is 0 Å². The van der Waals surface area contributed by atoms with Gasteiger partial charge in [0.2, 0.25) is 0 Å². The summed E-state index contributed by atoms with van der Waals surface area (Å²) in [4.78, 5) is 2.46. The van der Waals surface area contributed by atoms with Crippen molar-refractivity contribution in [3.63, 3.8) is 0 Å². The molecule has 20 heavy (non-hydrogen) atoms. The zero-order valence-electron chi connectivity index (χ0n) is 12.9. The molecule has 2 saturated heterocycles. The predicted octanol–water partition coefficient (Wildman–Crippen LogP) is 0.474. The van der Waals surface area contributed by atoms with Crippen LogP contribution in [0.2, 0.25) is 0 Å². The van der Waals surface area contributed by atoms with Gasteiger partial charge in [0.25, 0.3) is 0 Å². The Morgan fingerprint density at radius 1 is 1.45 bits per heavy atom. The number of aliphatic hydroxyl groups is 1. The molecule has 0 bridgehead atoms. The van der Waals surface area contributed by atoms with Crippen molar-refractivity contribution in [2.75, 3.05) is 52.6 Å². The number of nitrogens with zero attached hydrogens (tertiary/aromatic N) is 1. The molecule has 0 radical (unpaired) electrons. The van der Waals surface area contributed by atoms with Gasteiger partial charge < -0.3 is 19.9 Å². The molecule has 0 aromatic rings. The first-order valence-electron chi connectivity index (χ1n) is 7.94. The maximum atomic E-state index is 9.30. The Kier molecular flexibility index (Phi) is 6.23. The van der Waals surface area contributed by atoms with Crippen LogP contribution in [0.15, 0.2) is 0 Å². The minimum Gasteiger partial charge on any atom is -0.394 e. The molecular formula is C15H30N2O3. The van der Waals surface area contributed by atoms with Crippen molar-refractivity contribution in [1.82, 2.24) is 10.2 Å². The second kappa shape index (κ2) is 7.71. The third kappa shape index (κ3) is 4.15. The molecule has 0 spiro atoms. The fraction of sp³-hybridized carbons (Fsp3) is 1.00. The summed E-state index contributed by atoms with van der Waals surface area (Å²) in [7, 11) is 0. The van der Waals surface area contributed by atoms with Crippen LogP contribution in [-0.2, 0) is 9.47 Å². The van der Waals surface area contributed by atoms with Crippen molar-refractivity contribution in [1.29, 1.82) is 0 Å². The van der Waals surface area contributed by atoms with Gasteiger partial charge in [0, 0.05) is 37.7 Å². The van der Waals surface area contributed by atoms with Crippen molar-refractivity contribution >= 4 is 0 Å². The minimum atomic E-state index is -0.0332. The number of hydrogen-bond donors (Lipinski definition) is 2. The van der Waals surface area contributed by atoms with Gasteiger partial charge in [-0.25, -0.2) is 0 Å². The van der Waals surface area contributed by atoms with Gasteiger partial charge in [-0.2, -0.15) is 0 Å². The topological polar surface area (TPSA) is 54.0 Å². The lowest BCUT2D eigenvalue weighted by molar-refractivity contribution is -0.0883. The molecule has 0 aromatic heterocycles. The van der Waals surface area contributed by atoms with Crippen LogP contribution in [0, 0.1) is 5.41 Å². The number of ether oxygens (including phenoxy) is 2. The first kappa shape index (κ1) is 16.2. The third-order valence-corrected chi connectivity index (χ3v) is 4.49. The summed E-state index contributed by atoms with van der Waals surface area (Å²) in [6, 6.07) is 0.418. The van der Waals surface area contributed by atoms with Gasteiger partial charge in [-0.3, -0.25) is 4.90 Å². The summed E-state index contributed by atoms with van der Waals surface area (Å²) in [5, 5.41) is 12.9. The van der Waals surface area contributed by atoms with E-state index in [0.29, 0.717) is 12.6 Å². The Labute approximate surface area is 122 Å². The molecular weight excluding hydrogens is 256 g/mol. The summed E-state index contributed by atoms with van der Waals surface area (Å²) >= 11 is 0. The molecule has 2 aliphatic rings. The van der Waals surface area contributed by atoms with Crippen LogP contribution in [0.1, 0.15) is 26.7 Å².